The van der Waals surface area contributed by atoms with Crippen molar-refractivity contribution >= 4 is 37.6 Å². The maximum Gasteiger partial charge on any atom is 0.295 e. The highest BCUT2D eigenvalue weighted by atomic mass is 32.2. The van der Waals surface area contributed by atoms with Crippen molar-refractivity contribution in [3.63, 3.8) is 0 Å². The molecule has 1 N–H and O–H groups in total. The zero-order chi connectivity index (χ0) is 15.7. The van der Waals surface area contributed by atoms with Crippen LogP contribution >= 0.6 is 11.8 Å². The van der Waals surface area contributed by atoms with Crippen LogP contribution < -0.4 is 5.32 Å². The second-order valence-corrected chi connectivity index (χ2v) is 5.14. The lowest BCUT2D eigenvalue weighted by molar-refractivity contribution is -0.251. The molecule has 0 aromatic heterocycles. The lowest BCUT2D eigenvalue weighted by Crippen LogP contribution is -2.63. The van der Waals surface area contributed by atoms with Crippen LogP contribution in [0.15, 0.2) is 0 Å². The Morgan fingerprint density at radius 1 is 1.05 bits per heavy atom. The van der Waals surface area contributed by atoms with Crippen LogP contribution in [0.3, 0.4) is 0 Å². The molecule has 5 atom stereocenters. The van der Waals surface area contributed by atoms with Gasteiger partial charge in [0.15, 0.2) is 6.10 Å². The summed E-state index contributed by atoms with van der Waals surface area (Å²) in [5, 5.41) is 2.46. The average Bonchev–Trinajstić information content (AvgIpc) is 2.47. The van der Waals surface area contributed by atoms with E-state index in [1.807, 2.05) is 6.92 Å². The molecule has 0 radical (unpaired) electrons. The monoisotopic (exact) mass is 321 g/mol. The van der Waals surface area contributed by atoms with Gasteiger partial charge in [0.1, 0.15) is 11.5 Å². The second kappa shape index (κ2) is 9.19. The molecule has 0 bridgehead atoms. The van der Waals surface area contributed by atoms with Crippen molar-refractivity contribution in [2.75, 3.05) is 5.75 Å². The van der Waals surface area contributed by atoms with Gasteiger partial charge in [-0.05, 0) is 5.75 Å². The Hall–Kier alpha value is -1.81. The van der Waals surface area contributed by atoms with Crippen molar-refractivity contribution in [2.24, 2.45) is 0 Å². The van der Waals surface area contributed by atoms with Crippen molar-refractivity contribution in [3.8, 4) is 0 Å². The molecule has 1 fully saturated rings. The predicted molar refractivity (Wildman–Crippen MR) is 68.8 cm³/mol. The van der Waals surface area contributed by atoms with E-state index in [0.717, 1.165) is 0 Å². The molecule has 0 unspecified atom stereocenters. The fourth-order valence-electron chi connectivity index (χ4n) is 1.96. The summed E-state index contributed by atoms with van der Waals surface area (Å²) in [5.74, 6) is 0.628. The summed E-state index contributed by atoms with van der Waals surface area (Å²) in [6.45, 7) is 2.25. The third-order valence-electron chi connectivity index (χ3n) is 2.71. The van der Waals surface area contributed by atoms with Crippen molar-refractivity contribution < 1.29 is 38.1 Å². The van der Waals surface area contributed by atoms with Gasteiger partial charge in [-0.25, -0.2) is 0 Å². The van der Waals surface area contributed by atoms with E-state index in [2.05, 4.69) is 5.32 Å². The molecule has 1 heterocycles. The highest BCUT2D eigenvalue weighted by Crippen LogP contribution is 2.31. The number of hydrogen-bond donors (Lipinski definition) is 1. The molecule has 1 saturated heterocycles. The van der Waals surface area contributed by atoms with E-state index in [0.29, 0.717) is 12.2 Å². The van der Waals surface area contributed by atoms with E-state index in [-0.39, 0.29) is 19.4 Å². The largest absolute Gasteiger partial charge is 0.458 e. The lowest BCUT2D eigenvalue weighted by atomic mass is 10.0. The average molecular weight is 321 g/mol. The number of amides is 1. The Bertz CT molecular complexity index is 368. The van der Waals surface area contributed by atoms with Crippen molar-refractivity contribution in [3.05, 3.63) is 0 Å². The molecule has 1 aliphatic rings. The molecule has 0 aromatic carbocycles. The van der Waals surface area contributed by atoms with Crippen LogP contribution in [0.5, 0.6) is 0 Å². The van der Waals surface area contributed by atoms with Gasteiger partial charge in [0.2, 0.25) is 18.8 Å². The molecule has 0 aliphatic carbocycles. The topological polar surface area (TPSA) is 117 Å². The van der Waals surface area contributed by atoms with Crippen LogP contribution in [0.2, 0.25) is 0 Å². The van der Waals surface area contributed by atoms with Crippen molar-refractivity contribution in [1.29, 1.82) is 0 Å². The number of rotatable bonds is 10. The van der Waals surface area contributed by atoms with E-state index < -0.39 is 30.0 Å². The maximum atomic E-state index is 10.7. The Morgan fingerprint density at radius 2 is 1.67 bits per heavy atom. The van der Waals surface area contributed by atoms with E-state index in [1.165, 1.54) is 11.8 Å². The minimum absolute atomic E-state index is 0.113. The van der Waals surface area contributed by atoms with E-state index >= 15 is 0 Å². The summed E-state index contributed by atoms with van der Waals surface area (Å²) in [7, 11) is 0. The van der Waals surface area contributed by atoms with Gasteiger partial charge in [0.25, 0.3) is 19.4 Å². The maximum absolute atomic E-state index is 10.7. The quantitative estimate of drug-likeness (QED) is 0.391. The van der Waals surface area contributed by atoms with E-state index in [1.54, 1.807) is 0 Å². The molecule has 0 spiro atoms. The van der Waals surface area contributed by atoms with Crippen LogP contribution in [-0.4, -0.2) is 61.6 Å². The molecule has 10 heteroatoms. The van der Waals surface area contributed by atoms with Crippen LogP contribution in [0.25, 0.3) is 0 Å². The summed E-state index contributed by atoms with van der Waals surface area (Å²) >= 11 is 1.30. The minimum atomic E-state index is -1.24. The standard InChI is InChI=1S/C11H15NO8S/c1-2-21-11-7(12-3-13)8(17-4-14)9(18-5-15)10(20-11)19-6-16/h3-11H,2H2,1H3,(H,12,13)/t7-,8-,9+,10-,11+/m0/s1. The SMILES string of the molecule is CCS[C@H]1O[C@H](OC=O)[C@H](OC=O)[C@@H](OC=O)[C@@H]1NC=O. The van der Waals surface area contributed by atoms with Gasteiger partial charge in [0, 0.05) is 0 Å². The molecule has 0 aromatic rings. The van der Waals surface area contributed by atoms with Gasteiger partial charge >= 0.3 is 0 Å². The van der Waals surface area contributed by atoms with Gasteiger partial charge in [-0.2, -0.15) is 0 Å². The number of hydrogen-bond acceptors (Lipinski definition) is 9. The predicted octanol–water partition coefficient (Wildman–Crippen LogP) is -1.21. The minimum Gasteiger partial charge on any atom is -0.458 e. The number of carbonyl (C=O) groups excluding carboxylic acids is 4. The second-order valence-electron chi connectivity index (χ2n) is 3.76. The summed E-state index contributed by atoms with van der Waals surface area (Å²) in [5.41, 5.74) is -0.651. The van der Waals surface area contributed by atoms with E-state index in [4.69, 9.17) is 18.9 Å². The lowest BCUT2D eigenvalue weighted by Gasteiger charge is -2.42. The first-order valence-electron chi connectivity index (χ1n) is 5.97. The summed E-state index contributed by atoms with van der Waals surface area (Å²) in [4.78, 5) is 42.5. The van der Waals surface area contributed by atoms with Gasteiger partial charge in [-0.15, -0.1) is 11.8 Å². The summed E-state index contributed by atoms with van der Waals surface area (Å²) < 4.78 is 19.9. The Labute approximate surface area is 124 Å². The molecule has 1 rings (SSSR count). The highest BCUT2D eigenvalue weighted by Gasteiger charge is 2.50. The molecule has 118 valence electrons. The Balaban J connectivity index is 3.05. The smallest absolute Gasteiger partial charge is 0.295 e. The summed E-state index contributed by atoms with van der Waals surface area (Å²) in [6, 6.07) is -0.769. The molecular formula is C11H15NO8S. The molecule has 0 saturated carbocycles. The number of nitrogens with one attached hydrogen (secondary N) is 1. The van der Waals surface area contributed by atoms with Crippen LogP contribution in [0.4, 0.5) is 0 Å². The zero-order valence-electron chi connectivity index (χ0n) is 11.1. The number of ether oxygens (including phenoxy) is 4. The fraction of sp³-hybridized carbons (Fsp3) is 0.636. The van der Waals surface area contributed by atoms with Crippen LogP contribution in [0.1, 0.15) is 6.92 Å². The molecule has 1 amide bonds. The third kappa shape index (κ3) is 4.33. The molecule has 9 nitrogen and oxygen atoms in total. The number of thioether (sulfide) groups is 1. The zero-order valence-corrected chi connectivity index (χ0v) is 11.9. The van der Waals surface area contributed by atoms with Crippen LogP contribution in [0, 0.1) is 0 Å². The first-order valence-corrected chi connectivity index (χ1v) is 7.02. The molecule has 21 heavy (non-hydrogen) atoms. The highest BCUT2D eigenvalue weighted by molar-refractivity contribution is 7.99. The van der Waals surface area contributed by atoms with Crippen LogP contribution in [-0.2, 0) is 38.1 Å². The first-order chi connectivity index (χ1) is 10.2. The van der Waals surface area contributed by atoms with Gasteiger partial charge in [-0.1, -0.05) is 6.92 Å². The van der Waals surface area contributed by atoms with Crippen molar-refractivity contribution in [1.82, 2.24) is 5.32 Å². The van der Waals surface area contributed by atoms with E-state index in [9.17, 15) is 19.2 Å². The number of carbonyl (C=O) groups is 4. The Kier molecular flexibility index (Phi) is 7.54. The fourth-order valence-corrected chi connectivity index (χ4v) is 2.92. The molecular weight excluding hydrogens is 306 g/mol. The summed E-state index contributed by atoms with van der Waals surface area (Å²) in [6.07, 6.45) is -3.08. The molecule has 1 aliphatic heterocycles. The van der Waals surface area contributed by atoms with Crippen molar-refractivity contribution in [2.45, 2.75) is 36.9 Å². The third-order valence-corrected chi connectivity index (χ3v) is 3.78. The van der Waals surface area contributed by atoms with Gasteiger partial charge < -0.3 is 24.3 Å². The normalized spacial score (nSPS) is 31.6. The van der Waals surface area contributed by atoms with Gasteiger partial charge in [0.05, 0.1) is 0 Å². The first kappa shape index (κ1) is 17.2. The van der Waals surface area contributed by atoms with Gasteiger partial charge in [-0.3, -0.25) is 19.2 Å². The Morgan fingerprint density at radius 3 is 2.19 bits per heavy atom.